The van der Waals surface area contributed by atoms with Gasteiger partial charge in [0, 0.05) is 0 Å². The van der Waals surface area contributed by atoms with Crippen LogP contribution in [0.5, 0.6) is 5.75 Å². The van der Waals surface area contributed by atoms with E-state index in [1.165, 1.54) is 12.1 Å². The van der Waals surface area contributed by atoms with Crippen molar-refractivity contribution in [2.45, 2.75) is 0 Å². The third kappa shape index (κ3) is 1.49. The molecule has 0 aliphatic heterocycles. The molecule has 0 unspecified atom stereocenters. The Hall–Kier alpha value is -2.55. The zero-order valence-corrected chi connectivity index (χ0v) is 9.42. The molecule has 88 valence electrons. The van der Waals surface area contributed by atoms with Crippen LogP contribution >= 0.6 is 0 Å². The maximum Gasteiger partial charge on any atom is 0.339 e. The number of carboxylic acids is 1. The molecule has 0 saturated carbocycles. The van der Waals surface area contributed by atoms with Crippen molar-refractivity contribution < 1.29 is 15.0 Å². The van der Waals surface area contributed by atoms with E-state index in [2.05, 4.69) is 0 Å². The third-order valence-corrected chi connectivity index (χ3v) is 3.09. The topological polar surface area (TPSA) is 57.5 Å². The molecule has 0 aromatic heterocycles. The lowest BCUT2D eigenvalue weighted by molar-refractivity contribution is 0.0694. The third-order valence-electron chi connectivity index (χ3n) is 3.09. The first-order valence-corrected chi connectivity index (χ1v) is 5.54. The lowest BCUT2D eigenvalue weighted by Crippen LogP contribution is -1.96. The lowest BCUT2D eigenvalue weighted by Gasteiger charge is -2.06. The molecule has 0 heterocycles. The van der Waals surface area contributed by atoms with Crippen LogP contribution in [0.2, 0.25) is 0 Å². The van der Waals surface area contributed by atoms with E-state index < -0.39 is 5.97 Å². The molecular formula is C15H10O3. The van der Waals surface area contributed by atoms with Gasteiger partial charge in [0.15, 0.2) is 0 Å². The van der Waals surface area contributed by atoms with Gasteiger partial charge in [-0.2, -0.15) is 0 Å². The molecule has 3 aromatic rings. The minimum Gasteiger partial charge on any atom is -0.507 e. The maximum absolute atomic E-state index is 11.0. The summed E-state index contributed by atoms with van der Waals surface area (Å²) in [7, 11) is 0. The summed E-state index contributed by atoms with van der Waals surface area (Å²) in [5.74, 6) is -1.33. The molecule has 3 heteroatoms. The Labute approximate surface area is 103 Å². The summed E-state index contributed by atoms with van der Waals surface area (Å²) in [5.41, 5.74) is -0.0705. The number of carbonyl (C=O) groups is 1. The number of hydrogen-bond acceptors (Lipinski definition) is 2. The second-order valence-electron chi connectivity index (χ2n) is 4.18. The molecule has 2 N–H and O–H groups in total. The summed E-state index contributed by atoms with van der Waals surface area (Å²) in [6, 6.07) is 14.6. The van der Waals surface area contributed by atoms with Crippen LogP contribution in [-0.2, 0) is 0 Å². The first-order chi connectivity index (χ1) is 8.66. The molecule has 0 radical (unpaired) electrons. The van der Waals surface area contributed by atoms with Crippen LogP contribution in [0.4, 0.5) is 0 Å². The van der Waals surface area contributed by atoms with Crippen molar-refractivity contribution in [1.29, 1.82) is 0 Å². The predicted octanol–water partition coefficient (Wildman–Crippen LogP) is 3.40. The number of hydrogen-bond donors (Lipinski definition) is 2. The van der Waals surface area contributed by atoms with Crippen LogP contribution in [0.3, 0.4) is 0 Å². The van der Waals surface area contributed by atoms with Gasteiger partial charge in [-0.3, -0.25) is 0 Å². The van der Waals surface area contributed by atoms with Crippen LogP contribution in [0.25, 0.3) is 21.5 Å². The molecule has 0 atom stereocenters. The van der Waals surface area contributed by atoms with E-state index in [1.54, 1.807) is 0 Å². The standard InChI is InChI=1S/C15H10O3/c16-14-7-10-6-5-9-3-1-2-4-11(9)12(10)8-13(14)15(17)18/h1-8,16H,(H,17,18). The van der Waals surface area contributed by atoms with Crippen molar-refractivity contribution in [1.82, 2.24) is 0 Å². The SMILES string of the molecule is O=C(O)c1cc2c(ccc3ccccc32)cc1O. The number of fused-ring (bicyclic) bond motifs is 3. The number of carboxylic acid groups (broad SMARTS) is 1. The van der Waals surface area contributed by atoms with Crippen molar-refractivity contribution in [3.63, 3.8) is 0 Å². The Morgan fingerprint density at radius 2 is 1.61 bits per heavy atom. The predicted molar refractivity (Wildman–Crippen MR) is 70.1 cm³/mol. The van der Waals surface area contributed by atoms with Gasteiger partial charge < -0.3 is 10.2 Å². The van der Waals surface area contributed by atoms with Crippen molar-refractivity contribution in [3.8, 4) is 5.75 Å². The van der Waals surface area contributed by atoms with Gasteiger partial charge in [0.1, 0.15) is 11.3 Å². The quantitative estimate of drug-likeness (QED) is 0.639. The number of rotatable bonds is 1. The average Bonchev–Trinajstić information content (AvgIpc) is 2.37. The van der Waals surface area contributed by atoms with Gasteiger partial charge in [-0.05, 0) is 33.7 Å². The van der Waals surface area contributed by atoms with E-state index >= 15 is 0 Å². The van der Waals surface area contributed by atoms with Crippen LogP contribution in [-0.4, -0.2) is 16.2 Å². The van der Waals surface area contributed by atoms with Crippen molar-refractivity contribution >= 4 is 27.5 Å². The Kier molecular flexibility index (Phi) is 2.20. The first kappa shape index (κ1) is 10.6. The van der Waals surface area contributed by atoms with E-state index in [9.17, 15) is 9.90 Å². The number of aromatic carboxylic acids is 1. The van der Waals surface area contributed by atoms with E-state index in [1.807, 2.05) is 36.4 Å². The van der Waals surface area contributed by atoms with Gasteiger partial charge in [-0.1, -0.05) is 36.4 Å². The molecule has 3 aromatic carbocycles. The molecule has 0 bridgehead atoms. The van der Waals surface area contributed by atoms with Gasteiger partial charge >= 0.3 is 5.97 Å². The van der Waals surface area contributed by atoms with Crippen LogP contribution in [0.1, 0.15) is 10.4 Å². The first-order valence-electron chi connectivity index (χ1n) is 5.54. The van der Waals surface area contributed by atoms with Crippen molar-refractivity contribution in [2.24, 2.45) is 0 Å². The molecule has 3 nitrogen and oxygen atoms in total. The highest BCUT2D eigenvalue weighted by atomic mass is 16.4. The van der Waals surface area contributed by atoms with Crippen molar-refractivity contribution in [3.05, 3.63) is 54.1 Å². The molecule has 0 saturated heterocycles. The summed E-state index contributed by atoms with van der Waals surface area (Å²) in [5, 5.41) is 22.4. The highest BCUT2D eigenvalue weighted by molar-refractivity contribution is 6.10. The highest BCUT2D eigenvalue weighted by Gasteiger charge is 2.11. The summed E-state index contributed by atoms with van der Waals surface area (Å²) < 4.78 is 0. The van der Waals surface area contributed by atoms with E-state index in [0.29, 0.717) is 0 Å². The smallest absolute Gasteiger partial charge is 0.339 e. The molecule has 0 spiro atoms. The van der Waals surface area contributed by atoms with Gasteiger partial charge in [0.2, 0.25) is 0 Å². The number of aromatic hydroxyl groups is 1. The summed E-state index contributed by atoms with van der Waals surface area (Å²) >= 11 is 0. The second-order valence-corrected chi connectivity index (χ2v) is 4.18. The molecule has 0 amide bonds. The number of phenols is 1. The minimum absolute atomic E-state index is 0.0705. The van der Waals surface area contributed by atoms with Gasteiger partial charge in [-0.15, -0.1) is 0 Å². The normalized spacial score (nSPS) is 10.9. The molecule has 18 heavy (non-hydrogen) atoms. The Morgan fingerprint density at radius 3 is 2.39 bits per heavy atom. The monoisotopic (exact) mass is 238 g/mol. The summed E-state index contributed by atoms with van der Waals surface area (Å²) in [6.07, 6.45) is 0. The van der Waals surface area contributed by atoms with Gasteiger partial charge in [0.25, 0.3) is 0 Å². The second kappa shape index (κ2) is 3.74. The Bertz CT molecular complexity index is 775. The molecule has 0 aliphatic carbocycles. The lowest BCUT2D eigenvalue weighted by atomic mass is 9.99. The van der Waals surface area contributed by atoms with Gasteiger partial charge in [0.05, 0.1) is 0 Å². The molecule has 3 rings (SSSR count). The zero-order valence-electron chi connectivity index (χ0n) is 9.42. The fourth-order valence-corrected chi connectivity index (χ4v) is 2.21. The average molecular weight is 238 g/mol. The van der Waals surface area contributed by atoms with Crippen LogP contribution in [0.15, 0.2) is 48.5 Å². The Morgan fingerprint density at radius 1 is 0.889 bits per heavy atom. The number of benzene rings is 3. The maximum atomic E-state index is 11.0. The zero-order chi connectivity index (χ0) is 12.7. The fourth-order valence-electron chi connectivity index (χ4n) is 2.21. The summed E-state index contributed by atoms with van der Waals surface area (Å²) in [6.45, 7) is 0. The van der Waals surface area contributed by atoms with E-state index in [-0.39, 0.29) is 11.3 Å². The van der Waals surface area contributed by atoms with Gasteiger partial charge in [-0.25, -0.2) is 4.79 Å². The minimum atomic E-state index is -1.12. The van der Waals surface area contributed by atoms with Crippen LogP contribution in [0, 0.1) is 0 Å². The van der Waals surface area contributed by atoms with Crippen molar-refractivity contribution in [2.75, 3.05) is 0 Å². The summed E-state index contributed by atoms with van der Waals surface area (Å²) in [4.78, 5) is 11.0. The van der Waals surface area contributed by atoms with E-state index in [4.69, 9.17) is 5.11 Å². The largest absolute Gasteiger partial charge is 0.507 e. The van der Waals surface area contributed by atoms with Crippen LogP contribution < -0.4 is 0 Å². The Balaban J connectivity index is 2.49. The molecule has 0 aliphatic rings. The fraction of sp³-hybridized carbons (Fsp3) is 0. The molecular weight excluding hydrogens is 228 g/mol. The molecule has 0 fully saturated rings. The van der Waals surface area contributed by atoms with E-state index in [0.717, 1.165) is 21.5 Å². The highest BCUT2D eigenvalue weighted by Crippen LogP contribution is 2.30.